The Kier molecular flexibility index (Phi) is 4.61. The largest absolute Gasteiger partial charge is 0.508 e. The van der Waals surface area contributed by atoms with E-state index in [-0.39, 0.29) is 35.1 Å². The lowest BCUT2D eigenvalue weighted by Crippen LogP contribution is -2.28. The molecule has 0 bridgehead atoms. The van der Waals surface area contributed by atoms with Crippen molar-refractivity contribution in [1.29, 1.82) is 0 Å². The molecule has 3 heteroatoms. The molecule has 3 aromatic rings. The molecule has 0 unspecified atom stereocenters. The van der Waals surface area contributed by atoms with E-state index < -0.39 is 0 Å². The van der Waals surface area contributed by atoms with E-state index in [2.05, 4.69) is 6.92 Å². The minimum atomic E-state index is -0.182. The summed E-state index contributed by atoms with van der Waals surface area (Å²) in [7, 11) is 0. The molecule has 0 radical (unpaired) electrons. The molecule has 0 fully saturated rings. The summed E-state index contributed by atoms with van der Waals surface area (Å²) in [6.45, 7) is 2.20. The molecule has 1 aliphatic rings. The lowest BCUT2D eigenvalue weighted by atomic mass is 9.66. The average molecular weight is 362 g/mol. The molecule has 3 aromatic carbocycles. The fourth-order valence-electron chi connectivity index (χ4n) is 4.44. The zero-order valence-corrected chi connectivity index (χ0v) is 15.3. The molecule has 27 heavy (non-hydrogen) atoms. The van der Waals surface area contributed by atoms with Gasteiger partial charge in [-0.05, 0) is 83.2 Å². The summed E-state index contributed by atoms with van der Waals surface area (Å²) in [5, 5.41) is 19.6. The van der Waals surface area contributed by atoms with Crippen molar-refractivity contribution in [3.05, 3.63) is 94.8 Å². The Morgan fingerprint density at radius 1 is 0.926 bits per heavy atom. The van der Waals surface area contributed by atoms with Crippen LogP contribution in [0.1, 0.15) is 41.0 Å². The monoisotopic (exact) mass is 362 g/mol. The van der Waals surface area contributed by atoms with Gasteiger partial charge in [0.2, 0.25) is 0 Å². The smallest absolute Gasteiger partial charge is 0.126 e. The molecule has 2 nitrogen and oxygen atoms in total. The van der Waals surface area contributed by atoms with Gasteiger partial charge in [0.05, 0.1) is 0 Å². The van der Waals surface area contributed by atoms with Crippen LogP contribution in [-0.4, -0.2) is 10.2 Å². The van der Waals surface area contributed by atoms with Gasteiger partial charge in [0.15, 0.2) is 0 Å². The number of hydrogen-bond acceptors (Lipinski definition) is 2. The Hall–Kier alpha value is -2.81. The molecule has 2 N–H and O–H groups in total. The molecule has 0 spiro atoms. The third-order valence-corrected chi connectivity index (χ3v) is 5.96. The maximum absolute atomic E-state index is 14.3. The van der Waals surface area contributed by atoms with Crippen LogP contribution in [0.25, 0.3) is 0 Å². The van der Waals surface area contributed by atoms with Gasteiger partial charge in [0, 0.05) is 0 Å². The number of hydrogen-bond donors (Lipinski definition) is 2. The van der Waals surface area contributed by atoms with E-state index in [4.69, 9.17) is 0 Å². The summed E-state index contributed by atoms with van der Waals surface area (Å²) >= 11 is 0. The van der Waals surface area contributed by atoms with E-state index in [1.54, 1.807) is 24.3 Å². The summed E-state index contributed by atoms with van der Waals surface area (Å²) in [5.74, 6) is 0.982. The first-order valence-corrected chi connectivity index (χ1v) is 9.37. The fraction of sp³-hybridized carbons (Fsp3) is 0.250. The molecule has 4 rings (SSSR count). The normalized spacial score (nSPS) is 21.6. The van der Waals surface area contributed by atoms with Crippen LogP contribution in [0.4, 0.5) is 4.39 Å². The molecule has 3 atom stereocenters. The minimum absolute atomic E-state index is 0.108. The highest BCUT2D eigenvalue weighted by Crippen LogP contribution is 2.47. The van der Waals surface area contributed by atoms with Crippen LogP contribution in [0.15, 0.2) is 66.7 Å². The van der Waals surface area contributed by atoms with E-state index >= 15 is 0 Å². The maximum Gasteiger partial charge on any atom is 0.126 e. The highest BCUT2D eigenvalue weighted by atomic mass is 19.1. The molecule has 0 amide bonds. The van der Waals surface area contributed by atoms with E-state index in [1.165, 1.54) is 17.2 Å². The Labute approximate surface area is 158 Å². The lowest BCUT2D eigenvalue weighted by Gasteiger charge is -2.38. The summed E-state index contributed by atoms with van der Waals surface area (Å²) < 4.78 is 14.3. The van der Waals surface area contributed by atoms with Crippen LogP contribution >= 0.6 is 0 Å². The van der Waals surface area contributed by atoms with E-state index in [0.717, 1.165) is 12.0 Å². The Morgan fingerprint density at radius 2 is 1.63 bits per heavy atom. The van der Waals surface area contributed by atoms with Gasteiger partial charge in [0.1, 0.15) is 17.3 Å². The van der Waals surface area contributed by atoms with Gasteiger partial charge in [0.25, 0.3) is 0 Å². The Morgan fingerprint density at radius 3 is 2.37 bits per heavy atom. The zero-order chi connectivity index (χ0) is 19.0. The first-order chi connectivity index (χ1) is 13.0. The van der Waals surface area contributed by atoms with Crippen molar-refractivity contribution in [3.8, 4) is 11.5 Å². The average Bonchev–Trinajstić information content (AvgIpc) is 2.66. The number of halogens is 1. The van der Waals surface area contributed by atoms with Gasteiger partial charge in [-0.25, -0.2) is 4.39 Å². The number of phenols is 2. The molecule has 138 valence electrons. The van der Waals surface area contributed by atoms with Crippen molar-refractivity contribution in [3.63, 3.8) is 0 Å². The second-order valence-corrected chi connectivity index (χ2v) is 7.55. The summed E-state index contributed by atoms with van der Waals surface area (Å²) in [6.07, 6.45) is 1.47. The number of aromatic hydroxyl groups is 2. The van der Waals surface area contributed by atoms with E-state index in [9.17, 15) is 14.6 Å². The van der Waals surface area contributed by atoms with Crippen molar-refractivity contribution in [2.24, 2.45) is 5.92 Å². The fourth-order valence-corrected chi connectivity index (χ4v) is 4.44. The lowest BCUT2D eigenvalue weighted by molar-refractivity contribution is 0.344. The van der Waals surface area contributed by atoms with Gasteiger partial charge in [-0.3, -0.25) is 0 Å². The quantitative estimate of drug-likeness (QED) is 0.642. The van der Waals surface area contributed by atoms with Crippen molar-refractivity contribution in [2.45, 2.75) is 31.6 Å². The van der Waals surface area contributed by atoms with Crippen LogP contribution in [-0.2, 0) is 12.8 Å². The molecule has 0 saturated carbocycles. The molecule has 0 heterocycles. The van der Waals surface area contributed by atoms with Gasteiger partial charge in [-0.15, -0.1) is 0 Å². The molecule has 1 aliphatic carbocycles. The van der Waals surface area contributed by atoms with Crippen LogP contribution in [0, 0.1) is 11.7 Å². The molecule has 0 aliphatic heterocycles. The highest BCUT2D eigenvalue weighted by molar-refractivity contribution is 5.43. The van der Waals surface area contributed by atoms with Crippen LogP contribution in [0.3, 0.4) is 0 Å². The molecule has 0 saturated heterocycles. The highest BCUT2D eigenvalue weighted by Gasteiger charge is 2.35. The zero-order valence-electron chi connectivity index (χ0n) is 15.3. The summed E-state index contributed by atoms with van der Waals surface area (Å²) in [6, 6.07) is 19.9. The van der Waals surface area contributed by atoms with E-state index in [1.807, 2.05) is 36.4 Å². The predicted octanol–water partition coefficient (Wildman–Crippen LogP) is 5.54. The number of phenolic OH excluding ortho intramolecular Hbond substituents is 2. The van der Waals surface area contributed by atoms with Crippen molar-refractivity contribution in [2.75, 3.05) is 0 Å². The van der Waals surface area contributed by atoms with Crippen molar-refractivity contribution < 1.29 is 14.6 Å². The van der Waals surface area contributed by atoms with Crippen molar-refractivity contribution >= 4 is 0 Å². The summed E-state index contributed by atoms with van der Waals surface area (Å²) in [4.78, 5) is 0. The number of rotatable bonds is 3. The SMILES string of the molecule is C[C@H]1[C@@H](c2ccc(O)cc2)Cc2ccc(O)cc2[C@H]1Cc1ccccc1F. The first kappa shape index (κ1) is 17.6. The van der Waals surface area contributed by atoms with Gasteiger partial charge in [-0.2, -0.15) is 0 Å². The van der Waals surface area contributed by atoms with Gasteiger partial charge >= 0.3 is 0 Å². The Balaban J connectivity index is 1.76. The molecule has 0 aromatic heterocycles. The number of fused-ring (bicyclic) bond motifs is 1. The summed E-state index contributed by atoms with van der Waals surface area (Å²) in [5.41, 5.74) is 4.19. The third-order valence-electron chi connectivity index (χ3n) is 5.96. The van der Waals surface area contributed by atoms with Crippen LogP contribution in [0.5, 0.6) is 11.5 Å². The topological polar surface area (TPSA) is 40.5 Å². The third kappa shape index (κ3) is 3.42. The maximum atomic E-state index is 14.3. The van der Waals surface area contributed by atoms with Crippen molar-refractivity contribution in [1.82, 2.24) is 0 Å². The molecular weight excluding hydrogens is 339 g/mol. The van der Waals surface area contributed by atoms with Crippen LogP contribution < -0.4 is 0 Å². The second-order valence-electron chi connectivity index (χ2n) is 7.55. The Bertz CT molecular complexity index is 949. The van der Waals surface area contributed by atoms with Gasteiger partial charge < -0.3 is 10.2 Å². The van der Waals surface area contributed by atoms with E-state index in [0.29, 0.717) is 12.0 Å². The minimum Gasteiger partial charge on any atom is -0.508 e. The standard InChI is InChI=1S/C24H23FO2/c1-15-21(16-6-9-19(26)10-7-16)12-17-8-11-20(27)14-23(17)22(15)13-18-4-2-3-5-24(18)25/h2-11,14-15,21-22,26-27H,12-13H2,1H3/t15-,21-,22-/m0/s1. The second kappa shape index (κ2) is 7.07. The van der Waals surface area contributed by atoms with Crippen LogP contribution in [0.2, 0.25) is 0 Å². The first-order valence-electron chi connectivity index (χ1n) is 9.37. The van der Waals surface area contributed by atoms with Gasteiger partial charge in [-0.1, -0.05) is 43.3 Å². The molecular formula is C24H23FO2. The number of benzene rings is 3. The predicted molar refractivity (Wildman–Crippen MR) is 105 cm³/mol.